The number of aromatic carboxylic acids is 2. The fraction of sp³-hybridized carbons (Fsp3) is 0.347. The molecule has 2 aliphatic rings. The van der Waals surface area contributed by atoms with Gasteiger partial charge in [0.15, 0.2) is 0 Å². The fourth-order valence-corrected chi connectivity index (χ4v) is 9.01. The van der Waals surface area contributed by atoms with Gasteiger partial charge in [-0.1, -0.05) is 48.5 Å². The predicted octanol–water partition coefficient (Wildman–Crippen LogP) is 9.85. The average molecular weight is 829 g/mol. The molecule has 7 aromatic rings. The zero-order chi connectivity index (χ0) is 42.3. The van der Waals surface area contributed by atoms with Gasteiger partial charge in [-0.05, 0) is 136 Å². The number of piperidine rings is 2. The third kappa shape index (κ3) is 9.99. The number of aromatic nitrogens is 2. The first-order valence-corrected chi connectivity index (χ1v) is 21.3. The monoisotopic (exact) mass is 828 g/mol. The Hall–Kier alpha value is -5.95. The first-order chi connectivity index (χ1) is 29.7. The molecule has 0 saturated carbocycles. The van der Waals surface area contributed by atoms with Crippen LogP contribution in [0.1, 0.15) is 93.8 Å². The molecule has 2 aliphatic heterocycles. The first kappa shape index (κ1) is 41.8. The molecule has 0 atom stereocenters. The number of carboxylic acids is 2. The topological polar surface area (TPSA) is 126 Å². The van der Waals surface area contributed by atoms with Crippen LogP contribution in [0.15, 0.2) is 118 Å². The molecule has 12 heteroatoms. The highest BCUT2D eigenvalue weighted by Gasteiger charge is 2.26. The van der Waals surface area contributed by atoms with Crippen LogP contribution in [0.5, 0.6) is 0 Å². The van der Waals surface area contributed by atoms with Gasteiger partial charge in [0.1, 0.15) is 17.3 Å². The minimum Gasteiger partial charge on any atom is -0.475 e. The van der Waals surface area contributed by atoms with Crippen LogP contribution in [0.25, 0.3) is 21.8 Å². The Morgan fingerprint density at radius 2 is 1.11 bits per heavy atom. The van der Waals surface area contributed by atoms with Gasteiger partial charge in [0.05, 0.1) is 19.7 Å². The molecule has 4 aromatic heterocycles. The number of halogens is 1. The van der Waals surface area contributed by atoms with Gasteiger partial charge in [-0.25, -0.2) is 14.0 Å². The number of hydrogen-bond acceptors (Lipinski definition) is 7. The molecule has 6 heterocycles. The number of fused-ring (bicyclic) bond motifs is 2. The molecular formula is C49H53FN4O7. The minimum atomic E-state index is -1.04. The maximum absolute atomic E-state index is 13.3. The highest BCUT2D eigenvalue weighted by molar-refractivity contribution is 5.86. The van der Waals surface area contributed by atoms with Gasteiger partial charge >= 0.3 is 11.9 Å². The quantitative estimate of drug-likeness (QED) is 0.103. The van der Waals surface area contributed by atoms with Crippen molar-refractivity contribution < 1.29 is 37.8 Å². The second kappa shape index (κ2) is 19.2. The van der Waals surface area contributed by atoms with Crippen LogP contribution in [0.3, 0.4) is 0 Å². The Balaban J connectivity index is 0.000000169. The lowest BCUT2D eigenvalue weighted by molar-refractivity contribution is 0.0648. The molecule has 0 aliphatic carbocycles. The number of para-hydroxylation sites is 2. The van der Waals surface area contributed by atoms with Crippen molar-refractivity contribution in [1.82, 2.24) is 18.9 Å². The SMILES string of the molecule is CCOCCn1cc(C2CCN(Cc3ccc(C(=O)O)o3)CC2)c2ccccc21.O=C(O)c1ccc(CN2CCC(c3cn(Cc4ccc(F)cc4)c4ccccc34)CC2)o1. The van der Waals surface area contributed by atoms with E-state index >= 15 is 0 Å². The van der Waals surface area contributed by atoms with Crippen molar-refractivity contribution in [2.75, 3.05) is 39.4 Å². The zero-order valence-corrected chi connectivity index (χ0v) is 34.5. The van der Waals surface area contributed by atoms with Gasteiger partial charge in [0.2, 0.25) is 11.5 Å². The van der Waals surface area contributed by atoms with Crippen LogP contribution >= 0.6 is 0 Å². The average Bonchev–Trinajstić information content (AvgIpc) is 4.09. The van der Waals surface area contributed by atoms with E-state index in [2.05, 4.69) is 79.9 Å². The molecule has 3 aromatic carbocycles. The van der Waals surface area contributed by atoms with Gasteiger partial charge in [0.25, 0.3) is 0 Å². The van der Waals surface area contributed by atoms with Crippen molar-refractivity contribution in [3.63, 3.8) is 0 Å². The van der Waals surface area contributed by atoms with E-state index in [1.165, 1.54) is 57.2 Å². The summed E-state index contributed by atoms with van der Waals surface area (Å²) in [6, 6.07) is 30.4. The van der Waals surface area contributed by atoms with E-state index in [1.54, 1.807) is 12.1 Å². The molecule has 0 amide bonds. The molecule has 2 N–H and O–H groups in total. The molecule has 0 unspecified atom stereocenters. The van der Waals surface area contributed by atoms with E-state index in [4.69, 9.17) is 23.8 Å². The van der Waals surface area contributed by atoms with Crippen LogP contribution in [0, 0.1) is 5.82 Å². The number of likely N-dealkylation sites (tertiary alicyclic amines) is 2. The summed E-state index contributed by atoms with van der Waals surface area (Å²) in [7, 11) is 0. The van der Waals surface area contributed by atoms with E-state index in [-0.39, 0.29) is 17.3 Å². The summed E-state index contributed by atoms with van der Waals surface area (Å²) in [5.41, 5.74) is 6.36. The van der Waals surface area contributed by atoms with Gasteiger partial charge in [0, 0.05) is 53.9 Å². The lowest BCUT2D eigenvalue weighted by Crippen LogP contribution is -2.32. The summed E-state index contributed by atoms with van der Waals surface area (Å²) in [5.74, 6) is 0.145. The number of furan rings is 2. The number of hydrogen-bond donors (Lipinski definition) is 2. The Morgan fingerprint density at radius 3 is 1.59 bits per heavy atom. The first-order valence-electron chi connectivity index (χ1n) is 21.3. The number of ether oxygens (including phenoxy) is 1. The number of nitrogens with zero attached hydrogens (tertiary/aromatic N) is 4. The summed E-state index contributed by atoms with van der Waals surface area (Å²) < 4.78 is 34.3. The normalized spacial score (nSPS) is 15.6. The Labute approximate surface area is 354 Å². The molecule has 2 fully saturated rings. The molecule has 11 nitrogen and oxygen atoms in total. The Bertz CT molecular complexity index is 2550. The maximum atomic E-state index is 13.3. The van der Waals surface area contributed by atoms with E-state index in [1.807, 2.05) is 19.1 Å². The van der Waals surface area contributed by atoms with Crippen molar-refractivity contribution in [3.05, 3.63) is 155 Å². The zero-order valence-electron chi connectivity index (χ0n) is 34.5. The summed E-state index contributed by atoms with van der Waals surface area (Å²) in [6.07, 6.45) is 8.84. The molecule has 61 heavy (non-hydrogen) atoms. The predicted molar refractivity (Wildman–Crippen MR) is 232 cm³/mol. The van der Waals surface area contributed by atoms with E-state index in [9.17, 15) is 14.0 Å². The van der Waals surface area contributed by atoms with Crippen molar-refractivity contribution in [2.45, 2.75) is 70.6 Å². The molecule has 2 saturated heterocycles. The van der Waals surface area contributed by atoms with Crippen molar-refractivity contribution >= 4 is 33.7 Å². The molecule has 9 rings (SSSR count). The number of rotatable bonds is 14. The van der Waals surface area contributed by atoms with E-state index in [0.29, 0.717) is 43.0 Å². The van der Waals surface area contributed by atoms with Crippen LogP contribution < -0.4 is 0 Å². The molecule has 318 valence electrons. The lowest BCUT2D eigenvalue weighted by atomic mass is 9.89. The van der Waals surface area contributed by atoms with Crippen molar-refractivity contribution in [2.24, 2.45) is 0 Å². The third-order valence-corrected chi connectivity index (χ3v) is 12.1. The van der Waals surface area contributed by atoms with Crippen LogP contribution in [-0.2, 0) is 30.9 Å². The summed E-state index contributed by atoms with van der Waals surface area (Å²) in [5, 5.41) is 20.7. The van der Waals surface area contributed by atoms with Crippen molar-refractivity contribution in [3.8, 4) is 0 Å². The van der Waals surface area contributed by atoms with E-state index in [0.717, 1.165) is 77.2 Å². The summed E-state index contributed by atoms with van der Waals surface area (Å²) in [4.78, 5) is 26.7. The molecule has 0 spiro atoms. The van der Waals surface area contributed by atoms with Gasteiger partial charge in [-0.2, -0.15) is 0 Å². The Morgan fingerprint density at radius 1 is 0.639 bits per heavy atom. The van der Waals surface area contributed by atoms with Gasteiger partial charge in [-0.3, -0.25) is 9.80 Å². The van der Waals surface area contributed by atoms with Gasteiger partial charge in [-0.15, -0.1) is 0 Å². The van der Waals surface area contributed by atoms with Crippen LogP contribution in [0.4, 0.5) is 4.39 Å². The highest BCUT2D eigenvalue weighted by Crippen LogP contribution is 2.37. The second-order valence-electron chi connectivity index (χ2n) is 16.1. The van der Waals surface area contributed by atoms with Crippen molar-refractivity contribution in [1.29, 1.82) is 0 Å². The largest absolute Gasteiger partial charge is 0.475 e. The molecule has 0 radical (unpaired) electrons. The third-order valence-electron chi connectivity index (χ3n) is 12.1. The number of benzene rings is 3. The van der Waals surface area contributed by atoms with Crippen LogP contribution in [-0.4, -0.2) is 80.5 Å². The second-order valence-corrected chi connectivity index (χ2v) is 16.1. The Kier molecular flexibility index (Phi) is 13.1. The summed E-state index contributed by atoms with van der Waals surface area (Å²) >= 11 is 0. The number of carboxylic acid groups (broad SMARTS) is 2. The smallest absolute Gasteiger partial charge is 0.371 e. The standard InChI is InChI=1S/C26H25FN2O3.C23H28N2O4/c27-20-7-5-18(6-8-20)15-29-17-23(22-3-1-2-4-24(22)29)19-11-13-28(14-12-19)16-21-9-10-25(32-21)26(30)31;1-2-28-14-13-25-16-20(19-5-3-4-6-21(19)25)17-9-11-24(12-10-17)15-18-7-8-22(29-18)23(26)27/h1-10,17,19H,11-16H2,(H,30,31);3-8,16-17H,2,9-15H2,1H3,(H,26,27). The van der Waals surface area contributed by atoms with E-state index < -0.39 is 11.9 Å². The maximum Gasteiger partial charge on any atom is 0.371 e. The summed E-state index contributed by atoms with van der Waals surface area (Å²) in [6.45, 7) is 10.2. The molecular weight excluding hydrogens is 776 g/mol. The minimum absolute atomic E-state index is 0.00903. The lowest BCUT2D eigenvalue weighted by Gasteiger charge is -2.31. The molecule has 0 bridgehead atoms. The van der Waals surface area contributed by atoms with Gasteiger partial charge < -0.3 is 32.9 Å². The fourth-order valence-electron chi connectivity index (χ4n) is 9.01. The highest BCUT2D eigenvalue weighted by atomic mass is 19.1. The number of carbonyl (C=O) groups is 2. The van der Waals surface area contributed by atoms with Crippen LogP contribution in [0.2, 0.25) is 0 Å².